The van der Waals surface area contributed by atoms with Crippen molar-refractivity contribution in [3.8, 4) is 0 Å². The van der Waals surface area contributed by atoms with Crippen LogP contribution in [0.25, 0.3) is 0 Å². The molecule has 0 aliphatic heterocycles. The number of hydrogen-bond donors (Lipinski definition) is 1. The molecule has 1 rings (SSSR count). The van der Waals surface area contributed by atoms with E-state index in [1.807, 2.05) is 30.3 Å². The lowest BCUT2D eigenvalue weighted by atomic mass is 10.2. The first-order valence-electron chi connectivity index (χ1n) is 3.18. The van der Waals surface area contributed by atoms with Crippen LogP contribution in [0.1, 0.15) is 5.56 Å². The number of hydrazone groups is 1. The van der Waals surface area contributed by atoms with Gasteiger partial charge in [-0.3, -0.25) is 0 Å². The molecule has 0 bridgehead atoms. The fourth-order valence-electron chi connectivity index (χ4n) is 0.678. The second-order valence-corrected chi connectivity index (χ2v) is 1.89. The van der Waals surface area contributed by atoms with E-state index in [0.717, 1.165) is 5.56 Å². The van der Waals surface area contributed by atoms with Gasteiger partial charge < -0.3 is 5.43 Å². The zero-order chi connectivity index (χ0) is 7.23. The highest BCUT2D eigenvalue weighted by molar-refractivity contribution is 5.79. The lowest BCUT2D eigenvalue weighted by Gasteiger charge is -1.88. The van der Waals surface area contributed by atoms with Gasteiger partial charge in [0.05, 0.1) is 6.21 Å². The smallest absolute Gasteiger partial charge is 0.0540 e. The summed E-state index contributed by atoms with van der Waals surface area (Å²) >= 11 is 0. The third kappa shape index (κ3) is 1.90. The fourth-order valence-corrected chi connectivity index (χ4v) is 0.678. The van der Waals surface area contributed by atoms with Crippen molar-refractivity contribution in [2.75, 3.05) is 7.05 Å². The van der Waals surface area contributed by atoms with Gasteiger partial charge in [-0.25, -0.2) is 0 Å². The summed E-state index contributed by atoms with van der Waals surface area (Å²) in [5.74, 6) is 0. The number of nitrogens with zero attached hydrogens (tertiary/aromatic N) is 1. The maximum Gasteiger partial charge on any atom is 0.0540 e. The molecule has 0 unspecified atom stereocenters. The Morgan fingerprint density at radius 1 is 1.30 bits per heavy atom. The Labute approximate surface area is 60.6 Å². The van der Waals surface area contributed by atoms with E-state index in [1.165, 1.54) is 0 Å². The Bertz CT molecular complexity index is 204. The van der Waals surface area contributed by atoms with Gasteiger partial charge >= 0.3 is 0 Å². The van der Waals surface area contributed by atoms with Gasteiger partial charge in [0.25, 0.3) is 0 Å². The third-order valence-corrected chi connectivity index (χ3v) is 1.14. The third-order valence-electron chi connectivity index (χ3n) is 1.14. The van der Waals surface area contributed by atoms with Crippen LogP contribution < -0.4 is 5.43 Å². The van der Waals surface area contributed by atoms with Crippen LogP contribution in [0.2, 0.25) is 0 Å². The fraction of sp³-hybridized carbons (Fsp3) is 0.125. The predicted molar refractivity (Wildman–Crippen MR) is 43.1 cm³/mol. The van der Waals surface area contributed by atoms with E-state index in [2.05, 4.69) is 10.5 Å². The second-order valence-electron chi connectivity index (χ2n) is 1.89. The van der Waals surface area contributed by atoms with Crippen LogP contribution in [0.5, 0.6) is 0 Å². The highest BCUT2D eigenvalue weighted by Gasteiger charge is 1.80. The molecule has 1 N–H and O–H groups in total. The predicted octanol–water partition coefficient (Wildman–Crippen LogP) is 1.24. The Balaban J connectivity index is 2.67. The van der Waals surface area contributed by atoms with Crippen LogP contribution in [0.4, 0.5) is 0 Å². The minimum Gasteiger partial charge on any atom is -0.313 e. The van der Waals surface area contributed by atoms with Crippen LogP contribution in [0.15, 0.2) is 35.4 Å². The van der Waals surface area contributed by atoms with Gasteiger partial charge in [0.1, 0.15) is 0 Å². The van der Waals surface area contributed by atoms with Gasteiger partial charge in [-0.2, -0.15) is 5.10 Å². The lowest BCUT2D eigenvalue weighted by molar-refractivity contribution is 0.908. The molecule has 0 fully saturated rings. The maximum absolute atomic E-state index is 3.87. The number of hydrogen-bond acceptors (Lipinski definition) is 2. The quantitative estimate of drug-likeness (QED) is 0.477. The summed E-state index contributed by atoms with van der Waals surface area (Å²) in [6.45, 7) is 0. The van der Waals surface area contributed by atoms with Crippen molar-refractivity contribution in [1.82, 2.24) is 5.43 Å². The van der Waals surface area contributed by atoms with Crippen molar-refractivity contribution in [3.63, 3.8) is 0 Å². The summed E-state index contributed by atoms with van der Waals surface area (Å²) in [5.41, 5.74) is 3.79. The molecular formula is C8H10N2. The standard InChI is InChI=1S/C8H10N2/c1-9-10-7-8-5-3-2-4-6-8/h2-7,9H,1H3/b10-7-. The Morgan fingerprint density at radius 3 is 2.60 bits per heavy atom. The van der Waals surface area contributed by atoms with Crippen molar-refractivity contribution in [3.05, 3.63) is 35.9 Å². The molecule has 0 heterocycles. The molecule has 0 atom stereocenters. The molecule has 52 valence electrons. The Hall–Kier alpha value is -1.31. The highest BCUT2D eigenvalue weighted by Crippen LogP contribution is 1.92. The molecule has 0 aromatic heterocycles. The highest BCUT2D eigenvalue weighted by atomic mass is 15.3. The summed E-state index contributed by atoms with van der Waals surface area (Å²) < 4.78 is 0. The number of nitrogens with one attached hydrogen (secondary N) is 1. The molecule has 0 saturated carbocycles. The Morgan fingerprint density at radius 2 is 2.00 bits per heavy atom. The zero-order valence-corrected chi connectivity index (χ0v) is 5.91. The van der Waals surface area contributed by atoms with Gasteiger partial charge in [0, 0.05) is 7.05 Å². The first-order chi connectivity index (χ1) is 4.93. The van der Waals surface area contributed by atoms with Gasteiger partial charge in [-0.05, 0) is 5.56 Å². The monoisotopic (exact) mass is 134 g/mol. The molecule has 0 aliphatic rings. The number of rotatable bonds is 2. The molecule has 2 heteroatoms. The molecule has 0 aliphatic carbocycles. The first-order valence-corrected chi connectivity index (χ1v) is 3.18. The molecule has 0 amide bonds. The van der Waals surface area contributed by atoms with Crippen molar-refractivity contribution >= 4 is 6.21 Å². The van der Waals surface area contributed by atoms with Crippen molar-refractivity contribution in [2.45, 2.75) is 0 Å². The average molecular weight is 134 g/mol. The van der Waals surface area contributed by atoms with Crippen LogP contribution in [-0.2, 0) is 0 Å². The van der Waals surface area contributed by atoms with Crippen LogP contribution in [0, 0.1) is 0 Å². The summed E-state index contributed by atoms with van der Waals surface area (Å²) in [6, 6.07) is 9.95. The number of benzene rings is 1. The van der Waals surface area contributed by atoms with Gasteiger partial charge in [-0.15, -0.1) is 0 Å². The van der Waals surface area contributed by atoms with Crippen molar-refractivity contribution < 1.29 is 0 Å². The van der Waals surface area contributed by atoms with E-state index in [-0.39, 0.29) is 0 Å². The molecule has 1 aromatic rings. The topological polar surface area (TPSA) is 24.4 Å². The van der Waals surface area contributed by atoms with Crippen LogP contribution >= 0.6 is 0 Å². The molecule has 0 radical (unpaired) electrons. The zero-order valence-electron chi connectivity index (χ0n) is 5.91. The van der Waals surface area contributed by atoms with E-state index in [1.54, 1.807) is 13.3 Å². The van der Waals surface area contributed by atoms with Crippen molar-refractivity contribution in [1.29, 1.82) is 0 Å². The van der Waals surface area contributed by atoms with Gasteiger partial charge in [-0.1, -0.05) is 30.3 Å². The summed E-state index contributed by atoms with van der Waals surface area (Å²) in [4.78, 5) is 0. The second kappa shape index (κ2) is 3.67. The van der Waals surface area contributed by atoms with E-state index in [4.69, 9.17) is 0 Å². The minimum atomic E-state index is 1.11. The largest absolute Gasteiger partial charge is 0.313 e. The average Bonchev–Trinajstić information content (AvgIpc) is 2.03. The van der Waals surface area contributed by atoms with E-state index in [9.17, 15) is 0 Å². The SMILES string of the molecule is CN/N=C\c1ccccc1. The normalized spacial score (nSPS) is 10.1. The van der Waals surface area contributed by atoms with Gasteiger partial charge in [0.15, 0.2) is 0 Å². The molecule has 0 saturated heterocycles. The molecule has 1 aromatic carbocycles. The maximum atomic E-state index is 3.87. The molecular weight excluding hydrogens is 124 g/mol. The lowest BCUT2D eigenvalue weighted by Crippen LogP contribution is -1.94. The minimum absolute atomic E-state index is 1.11. The van der Waals surface area contributed by atoms with E-state index >= 15 is 0 Å². The van der Waals surface area contributed by atoms with Crippen molar-refractivity contribution in [2.24, 2.45) is 5.10 Å². The summed E-state index contributed by atoms with van der Waals surface area (Å²) in [6.07, 6.45) is 1.78. The van der Waals surface area contributed by atoms with Crippen LogP contribution in [0.3, 0.4) is 0 Å². The van der Waals surface area contributed by atoms with E-state index < -0.39 is 0 Å². The summed E-state index contributed by atoms with van der Waals surface area (Å²) in [5, 5.41) is 3.87. The molecule has 10 heavy (non-hydrogen) atoms. The van der Waals surface area contributed by atoms with Crippen LogP contribution in [-0.4, -0.2) is 13.3 Å². The van der Waals surface area contributed by atoms with Gasteiger partial charge in [0.2, 0.25) is 0 Å². The van der Waals surface area contributed by atoms with E-state index in [0.29, 0.717) is 0 Å². The first kappa shape index (κ1) is 6.81. The molecule has 0 spiro atoms. The molecule has 2 nitrogen and oxygen atoms in total. The summed E-state index contributed by atoms with van der Waals surface area (Å²) in [7, 11) is 1.78. The Kier molecular flexibility index (Phi) is 2.49.